The van der Waals surface area contributed by atoms with E-state index >= 15 is 0 Å². The minimum Gasteiger partial charge on any atom is -0.273 e. The van der Waals surface area contributed by atoms with E-state index < -0.39 is 15.8 Å². The van der Waals surface area contributed by atoms with E-state index in [-0.39, 0.29) is 17.4 Å². The first-order valence-corrected chi connectivity index (χ1v) is 8.73. The Morgan fingerprint density at radius 2 is 2.00 bits per heavy atom. The monoisotopic (exact) mass is 308 g/mol. The van der Waals surface area contributed by atoms with Crippen LogP contribution in [-0.2, 0) is 14.6 Å². The number of amides is 1. The van der Waals surface area contributed by atoms with Crippen molar-refractivity contribution >= 4 is 21.5 Å². The summed E-state index contributed by atoms with van der Waals surface area (Å²) in [5.74, 6) is -0.785. The first kappa shape index (κ1) is 15.7. The highest BCUT2D eigenvalue weighted by Gasteiger charge is 2.32. The van der Waals surface area contributed by atoms with E-state index in [2.05, 4.69) is 10.5 Å². The summed E-state index contributed by atoms with van der Waals surface area (Å²) in [5, 5.41) is 4.08. The van der Waals surface area contributed by atoms with Gasteiger partial charge in [0.05, 0.1) is 23.1 Å². The van der Waals surface area contributed by atoms with Gasteiger partial charge in [-0.3, -0.25) is 4.79 Å². The van der Waals surface area contributed by atoms with Crippen molar-refractivity contribution in [1.82, 2.24) is 5.43 Å². The third-order valence-corrected chi connectivity index (χ3v) is 5.63. The van der Waals surface area contributed by atoms with Crippen LogP contribution in [0.15, 0.2) is 23.3 Å². The predicted octanol–water partition coefficient (Wildman–Crippen LogP) is 1.58. The summed E-state index contributed by atoms with van der Waals surface area (Å²) in [5.41, 5.74) is 6.49. The second-order valence-corrected chi connectivity index (χ2v) is 7.80. The number of nitrogens with one attached hydrogen (secondary N) is 1. The average molecular weight is 308 g/mol. The van der Waals surface area contributed by atoms with Gasteiger partial charge in [0, 0.05) is 0 Å². The number of carbonyl (C=O) groups is 1. The topological polar surface area (TPSA) is 75.6 Å². The largest absolute Gasteiger partial charge is 0.273 e. The highest BCUT2D eigenvalue weighted by molar-refractivity contribution is 7.91. The molecule has 1 saturated heterocycles. The van der Waals surface area contributed by atoms with Gasteiger partial charge in [-0.2, -0.15) is 5.10 Å². The molecule has 1 aliphatic rings. The lowest BCUT2D eigenvalue weighted by atomic mass is 10.0. The zero-order valence-corrected chi connectivity index (χ0v) is 13.3. The number of hydrogen-bond acceptors (Lipinski definition) is 4. The lowest BCUT2D eigenvalue weighted by molar-refractivity contribution is -0.124. The van der Waals surface area contributed by atoms with E-state index in [1.165, 1.54) is 5.56 Å². The molecule has 1 aliphatic heterocycles. The van der Waals surface area contributed by atoms with Crippen molar-refractivity contribution in [1.29, 1.82) is 0 Å². The Hall–Kier alpha value is -1.69. The normalized spacial score (nSPS) is 21.3. The minimum atomic E-state index is -3.05. The van der Waals surface area contributed by atoms with Crippen molar-refractivity contribution in [2.24, 2.45) is 11.0 Å². The molecule has 5 nitrogen and oxygen atoms in total. The Morgan fingerprint density at radius 1 is 1.29 bits per heavy atom. The van der Waals surface area contributed by atoms with E-state index in [1.54, 1.807) is 0 Å². The van der Waals surface area contributed by atoms with Gasteiger partial charge < -0.3 is 0 Å². The van der Waals surface area contributed by atoms with Crippen LogP contribution in [-0.4, -0.2) is 31.5 Å². The molecule has 1 atom stereocenters. The summed E-state index contributed by atoms with van der Waals surface area (Å²) in [6, 6.07) is 5.97. The standard InChI is InChI=1S/C15H20N2O3S/c1-10-4-5-13(8-11(10)2)12(3)16-17-15(18)14-6-7-21(19,20)9-14/h4-5,8,14H,6-7,9H2,1-3H3,(H,17,18)/b16-12-/t14-/m0/s1. The molecule has 21 heavy (non-hydrogen) atoms. The molecule has 1 N–H and O–H groups in total. The average Bonchev–Trinajstić information content (AvgIpc) is 2.79. The van der Waals surface area contributed by atoms with Crippen LogP contribution in [0, 0.1) is 19.8 Å². The summed E-state index contributed by atoms with van der Waals surface area (Å²) in [7, 11) is -3.05. The first-order chi connectivity index (χ1) is 9.78. The molecule has 0 aliphatic carbocycles. The Bertz CT molecular complexity index is 693. The number of hydrogen-bond donors (Lipinski definition) is 1. The smallest absolute Gasteiger partial charge is 0.244 e. The van der Waals surface area contributed by atoms with Crippen LogP contribution in [0.25, 0.3) is 0 Å². The van der Waals surface area contributed by atoms with Crippen LogP contribution in [0.3, 0.4) is 0 Å². The number of hydrazone groups is 1. The maximum absolute atomic E-state index is 11.9. The molecule has 0 bridgehead atoms. The summed E-state index contributed by atoms with van der Waals surface area (Å²) < 4.78 is 22.7. The SMILES string of the molecule is C/C(=N/NC(=O)[C@H]1CCS(=O)(=O)C1)c1ccc(C)c(C)c1. The Balaban J connectivity index is 2.03. The van der Waals surface area contributed by atoms with Gasteiger partial charge >= 0.3 is 0 Å². The fourth-order valence-electron chi connectivity index (χ4n) is 2.26. The molecule has 1 fully saturated rings. The number of rotatable bonds is 3. The lowest BCUT2D eigenvalue weighted by Crippen LogP contribution is -2.28. The quantitative estimate of drug-likeness (QED) is 0.680. The number of nitrogens with zero attached hydrogens (tertiary/aromatic N) is 1. The van der Waals surface area contributed by atoms with Gasteiger partial charge in [-0.1, -0.05) is 12.1 Å². The predicted molar refractivity (Wildman–Crippen MR) is 83.0 cm³/mol. The second kappa shape index (κ2) is 5.97. The Morgan fingerprint density at radius 3 is 2.57 bits per heavy atom. The van der Waals surface area contributed by atoms with E-state index in [0.717, 1.165) is 11.1 Å². The third kappa shape index (κ3) is 3.91. The molecular weight excluding hydrogens is 288 g/mol. The Labute approximate surface area is 125 Å². The number of aryl methyl sites for hydroxylation is 2. The molecule has 1 heterocycles. The van der Waals surface area contributed by atoms with Crippen LogP contribution < -0.4 is 5.43 Å². The molecule has 1 aromatic carbocycles. The molecule has 0 unspecified atom stereocenters. The van der Waals surface area contributed by atoms with Crippen molar-refractivity contribution < 1.29 is 13.2 Å². The van der Waals surface area contributed by atoms with Crippen LogP contribution in [0.4, 0.5) is 0 Å². The van der Waals surface area contributed by atoms with Crippen LogP contribution >= 0.6 is 0 Å². The number of sulfone groups is 1. The van der Waals surface area contributed by atoms with E-state index in [0.29, 0.717) is 12.1 Å². The van der Waals surface area contributed by atoms with Gasteiger partial charge in [0.25, 0.3) is 0 Å². The summed E-state index contributed by atoms with van der Waals surface area (Å²) in [4.78, 5) is 11.9. The lowest BCUT2D eigenvalue weighted by Gasteiger charge is -2.08. The third-order valence-electron chi connectivity index (χ3n) is 3.86. The first-order valence-electron chi connectivity index (χ1n) is 6.91. The maximum atomic E-state index is 11.9. The molecule has 1 aromatic rings. The number of carbonyl (C=O) groups excluding carboxylic acids is 1. The minimum absolute atomic E-state index is 0.0724. The van der Waals surface area contributed by atoms with Crippen LogP contribution in [0.5, 0.6) is 0 Å². The van der Waals surface area contributed by atoms with E-state index in [1.807, 2.05) is 39.0 Å². The number of benzene rings is 1. The van der Waals surface area contributed by atoms with Gasteiger partial charge in [-0.25, -0.2) is 13.8 Å². The molecule has 0 aromatic heterocycles. The van der Waals surface area contributed by atoms with E-state index in [4.69, 9.17) is 0 Å². The molecule has 1 amide bonds. The highest BCUT2D eigenvalue weighted by Crippen LogP contribution is 2.18. The van der Waals surface area contributed by atoms with E-state index in [9.17, 15) is 13.2 Å². The van der Waals surface area contributed by atoms with Crippen molar-refractivity contribution in [3.05, 3.63) is 34.9 Å². The van der Waals surface area contributed by atoms with Crippen molar-refractivity contribution in [3.8, 4) is 0 Å². The second-order valence-electron chi connectivity index (χ2n) is 5.57. The van der Waals surface area contributed by atoms with Crippen LogP contribution in [0.1, 0.15) is 30.0 Å². The molecule has 2 rings (SSSR count). The fraction of sp³-hybridized carbons (Fsp3) is 0.467. The van der Waals surface area contributed by atoms with Gasteiger partial charge in [-0.05, 0) is 49.9 Å². The summed E-state index contributed by atoms with van der Waals surface area (Å²) >= 11 is 0. The van der Waals surface area contributed by atoms with Gasteiger partial charge in [0.2, 0.25) is 5.91 Å². The fourth-order valence-corrected chi connectivity index (χ4v) is 4.00. The molecular formula is C15H20N2O3S. The molecule has 114 valence electrons. The molecule has 0 spiro atoms. The van der Waals surface area contributed by atoms with Gasteiger partial charge in [0.15, 0.2) is 9.84 Å². The molecule has 0 radical (unpaired) electrons. The zero-order valence-electron chi connectivity index (χ0n) is 12.5. The molecule has 0 saturated carbocycles. The highest BCUT2D eigenvalue weighted by atomic mass is 32.2. The van der Waals surface area contributed by atoms with Crippen molar-refractivity contribution in [3.63, 3.8) is 0 Å². The van der Waals surface area contributed by atoms with Gasteiger partial charge in [-0.15, -0.1) is 0 Å². The van der Waals surface area contributed by atoms with Crippen molar-refractivity contribution in [2.75, 3.05) is 11.5 Å². The van der Waals surface area contributed by atoms with Crippen molar-refractivity contribution in [2.45, 2.75) is 27.2 Å². The zero-order chi connectivity index (χ0) is 15.6. The summed E-state index contributed by atoms with van der Waals surface area (Å²) in [6.45, 7) is 5.87. The van der Waals surface area contributed by atoms with Crippen LogP contribution in [0.2, 0.25) is 0 Å². The summed E-state index contributed by atoms with van der Waals surface area (Å²) in [6.07, 6.45) is 0.381. The maximum Gasteiger partial charge on any atom is 0.244 e. The molecule has 6 heteroatoms. The Kier molecular flexibility index (Phi) is 4.46. The van der Waals surface area contributed by atoms with Gasteiger partial charge in [0.1, 0.15) is 0 Å².